The van der Waals surface area contributed by atoms with Crippen LogP contribution in [0.2, 0.25) is 5.02 Å². The molecule has 0 spiro atoms. The van der Waals surface area contributed by atoms with Gasteiger partial charge in [-0.25, -0.2) is 9.97 Å². The van der Waals surface area contributed by atoms with Crippen molar-refractivity contribution in [2.24, 2.45) is 5.92 Å². The number of hydrogen-bond acceptors (Lipinski definition) is 5. The lowest BCUT2D eigenvalue weighted by atomic mass is 9.84. The molecule has 160 valence electrons. The average Bonchev–Trinajstić information content (AvgIpc) is 2.74. The predicted molar refractivity (Wildman–Crippen MR) is 118 cm³/mol. The first-order valence-electron chi connectivity index (χ1n) is 10.7. The van der Waals surface area contributed by atoms with Crippen molar-refractivity contribution in [2.45, 2.75) is 45.1 Å². The van der Waals surface area contributed by atoms with Crippen LogP contribution in [0.1, 0.15) is 42.6 Å². The van der Waals surface area contributed by atoms with Gasteiger partial charge in [-0.2, -0.15) is 0 Å². The number of benzene rings is 1. The fourth-order valence-electron chi connectivity index (χ4n) is 4.58. The summed E-state index contributed by atoms with van der Waals surface area (Å²) in [5.74, 6) is 1.02. The second kappa shape index (κ2) is 8.52. The molecule has 0 radical (unpaired) electrons. The molecule has 6 nitrogen and oxygen atoms in total. The molecule has 2 aliphatic heterocycles. The summed E-state index contributed by atoms with van der Waals surface area (Å²) in [5, 5.41) is 11.7. The highest BCUT2D eigenvalue weighted by Gasteiger charge is 2.37. The number of amides is 1. The SMILES string of the molecule is Cc1cc(C)nc(N2CCC(C(=O)N3CCC(O)(c4ccc(Cl)cc4)CC3)CC2)n1. The van der Waals surface area contributed by atoms with Gasteiger partial charge in [-0.3, -0.25) is 4.79 Å². The van der Waals surface area contributed by atoms with Crippen LogP contribution in [-0.2, 0) is 10.4 Å². The van der Waals surface area contributed by atoms with Gasteiger partial charge in [-0.1, -0.05) is 23.7 Å². The molecule has 1 aromatic carbocycles. The summed E-state index contributed by atoms with van der Waals surface area (Å²) < 4.78 is 0. The Morgan fingerprint density at radius 2 is 1.60 bits per heavy atom. The Hall–Kier alpha value is -2.18. The maximum atomic E-state index is 13.1. The Bertz CT molecular complexity index is 882. The van der Waals surface area contributed by atoms with E-state index in [-0.39, 0.29) is 11.8 Å². The fraction of sp³-hybridized carbons (Fsp3) is 0.522. The lowest BCUT2D eigenvalue weighted by molar-refractivity contribution is -0.140. The van der Waals surface area contributed by atoms with Crippen LogP contribution in [0.25, 0.3) is 0 Å². The number of likely N-dealkylation sites (tertiary alicyclic amines) is 1. The number of aryl methyl sites for hydroxylation is 2. The van der Waals surface area contributed by atoms with Crippen LogP contribution in [0.15, 0.2) is 30.3 Å². The second-order valence-corrected chi connectivity index (χ2v) is 9.01. The first-order chi connectivity index (χ1) is 14.3. The molecule has 7 heteroatoms. The average molecular weight is 429 g/mol. The third kappa shape index (κ3) is 4.44. The molecule has 0 bridgehead atoms. The molecule has 2 aliphatic rings. The minimum absolute atomic E-state index is 0.0360. The molecular weight excluding hydrogens is 400 g/mol. The van der Waals surface area contributed by atoms with E-state index in [0.29, 0.717) is 31.0 Å². The van der Waals surface area contributed by atoms with E-state index in [4.69, 9.17) is 11.6 Å². The molecule has 2 fully saturated rings. The third-order valence-corrected chi connectivity index (χ3v) is 6.63. The van der Waals surface area contributed by atoms with Crippen molar-refractivity contribution in [3.63, 3.8) is 0 Å². The number of carbonyl (C=O) groups is 1. The third-order valence-electron chi connectivity index (χ3n) is 6.38. The minimum Gasteiger partial charge on any atom is -0.385 e. The zero-order valence-corrected chi connectivity index (χ0v) is 18.4. The minimum atomic E-state index is -0.884. The zero-order valence-electron chi connectivity index (χ0n) is 17.6. The van der Waals surface area contributed by atoms with Crippen molar-refractivity contribution in [3.8, 4) is 0 Å². The molecule has 30 heavy (non-hydrogen) atoms. The van der Waals surface area contributed by atoms with Crippen LogP contribution in [0.5, 0.6) is 0 Å². The van der Waals surface area contributed by atoms with Crippen LogP contribution < -0.4 is 4.90 Å². The number of piperidine rings is 2. The van der Waals surface area contributed by atoms with Crippen molar-refractivity contribution in [3.05, 3.63) is 52.3 Å². The Morgan fingerprint density at radius 1 is 1.03 bits per heavy atom. The van der Waals surface area contributed by atoms with E-state index in [1.807, 2.05) is 36.9 Å². The number of carbonyl (C=O) groups excluding carboxylic acids is 1. The van der Waals surface area contributed by atoms with E-state index in [9.17, 15) is 9.90 Å². The van der Waals surface area contributed by atoms with Gasteiger partial charge in [0.05, 0.1) is 5.60 Å². The van der Waals surface area contributed by atoms with Gasteiger partial charge in [0.15, 0.2) is 0 Å². The van der Waals surface area contributed by atoms with Crippen molar-refractivity contribution < 1.29 is 9.90 Å². The van der Waals surface area contributed by atoms with Gasteiger partial charge in [0.2, 0.25) is 11.9 Å². The van der Waals surface area contributed by atoms with E-state index in [0.717, 1.165) is 48.8 Å². The normalized spacial score (nSPS) is 19.7. The number of hydrogen-bond donors (Lipinski definition) is 1. The first kappa shape index (κ1) is 21.1. The predicted octanol–water partition coefficient (Wildman–Crippen LogP) is 3.47. The summed E-state index contributed by atoms with van der Waals surface area (Å²) in [5.41, 5.74) is 1.93. The lowest BCUT2D eigenvalue weighted by Gasteiger charge is -2.41. The van der Waals surface area contributed by atoms with Crippen molar-refractivity contribution in [1.29, 1.82) is 0 Å². The number of aromatic nitrogens is 2. The topological polar surface area (TPSA) is 69.6 Å². The number of anilines is 1. The van der Waals surface area contributed by atoms with Crippen LogP contribution in [-0.4, -0.2) is 52.1 Å². The summed E-state index contributed by atoms with van der Waals surface area (Å²) in [6.45, 7) is 6.71. The molecule has 2 aromatic rings. The molecule has 2 saturated heterocycles. The van der Waals surface area contributed by atoms with Gasteiger partial charge in [0.1, 0.15) is 0 Å². The summed E-state index contributed by atoms with van der Waals surface area (Å²) in [4.78, 5) is 26.3. The summed E-state index contributed by atoms with van der Waals surface area (Å²) in [6.07, 6.45) is 2.73. The molecule has 1 amide bonds. The fourth-order valence-corrected chi connectivity index (χ4v) is 4.71. The van der Waals surface area contributed by atoms with Gasteiger partial charge in [-0.15, -0.1) is 0 Å². The van der Waals surface area contributed by atoms with E-state index < -0.39 is 5.60 Å². The highest BCUT2D eigenvalue weighted by Crippen LogP contribution is 2.34. The first-order valence-corrected chi connectivity index (χ1v) is 11.1. The molecule has 0 unspecified atom stereocenters. The lowest BCUT2D eigenvalue weighted by Crippen LogP contribution is -2.49. The van der Waals surface area contributed by atoms with Gasteiger partial charge >= 0.3 is 0 Å². The van der Waals surface area contributed by atoms with E-state index in [1.165, 1.54) is 0 Å². The number of nitrogens with zero attached hydrogens (tertiary/aromatic N) is 4. The van der Waals surface area contributed by atoms with Crippen LogP contribution in [0, 0.1) is 19.8 Å². The van der Waals surface area contributed by atoms with E-state index in [2.05, 4.69) is 14.9 Å². The maximum Gasteiger partial charge on any atom is 0.225 e. The Morgan fingerprint density at radius 3 is 2.17 bits per heavy atom. The monoisotopic (exact) mass is 428 g/mol. The van der Waals surface area contributed by atoms with Crippen LogP contribution in [0.4, 0.5) is 5.95 Å². The Kier molecular flexibility index (Phi) is 5.98. The molecule has 0 saturated carbocycles. The highest BCUT2D eigenvalue weighted by molar-refractivity contribution is 6.30. The second-order valence-electron chi connectivity index (χ2n) is 8.58. The van der Waals surface area contributed by atoms with Crippen molar-refractivity contribution in [2.75, 3.05) is 31.1 Å². The summed E-state index contributed by atoms with van der Waals surface area (Å²) >= 11 is 5.97. The van der Waals surface area contributed by atoms with Gasteiger partial charge < -0.3 is 14.9 Å². The number of rotatable bonds is 3. The standard InChI is InChI=1S/C23H29ClN4O2/c1-16-15-17(2)26-22(25-16)28-11-7-18(8-12-28)21(29)27-13-9-23(30,10-14-27)19-3-5-20(24)6-4-19/h3-6,15,18,30H,7-14H2,1-2H3. The molecule has 0 aliphatic carbocycles. The van der Waals surface area contributed by atoms with Crippen LogP contribution >= 0.6 is 11.6 Å². The van der Waals surface area contributed by atoms with Crippen LogP contribution in [0.3, 0.4) is 0 Å². The molecule has 0 atom stereocenters. The van der Waals surface area contributed by atoms with E-state index in [1.54, 1.807) is 12.1 Å². The van der Waals surface area contributed by atoms with Crippen molar-refractivity contribution >= 4 is 23.5 Å². The molecule has 1 aromatic heterocycles. The zero-order chi connectivity index (χ0) is 21.3. The summed E-state index contributed by atoms with van der Waals surface area (Å²) in [7, 11) is 0. The van der Waals surface area contributed by atoms with Gasteiger partial charge in [0, 0.05) is 48.5 Å². The molecular formula is C23H29ClN4O2. The molecule has 4 rings (SSSR count). The molecule has 3 heterocycles. The smallest absolute Gasteiger partial charge is 0.225 e. The van der Waals surface area contributed by atoms with Gasteiger partial charge in [0.25, 0.3) is 0 Å². The highest BCUT2D eigenvalue weighted by atomic mass is 35.5. The Labute approximate surface area is 182 Å². The van der Waals surface area contributed by atoms with E-state index >= 15 is 0 Å². The quantitative estimate of drug-likeness (QED) is 0.810. The van der Waals surface area contributed by atoms with Crippen molar-refractivity contribution in [1.82, 2.24) is 14.9 Å². The number of halogens is 1. The largest absolute Gasteiger partial charge is 0.385 e. The number of aliphatic hydroxyl groups is 1. The molecule has 1 N–H and O–H groups in total. The maximum absolute atomic E-state index is 13.1. The summed E-state index contributed by atoms with van der Waals surface area (Å²) in [6, 6.07) is 9.34. The Balaban J connectivity index is 1.32. The van der Waals surface area contributed by atoms with Gasteiger partial charge in [-0.05, 0) is 63.3 Å².